The first-order chi connectivity index (χ1) is 16.3. The molecule has 9 nitrogen and oxygen atoms in total. The molecule has 0 bridgehead atoms. The second-order valence-electron chi connectivity index (χ2n) is 8.66. The van der Waals surface area contributed by atoms with E-state index in [9.17, 15) is 18.4 Å². The van der Waals surface area contributed by atoms with Crippen LogP contribution in [0.3, 0.4) is 0 Å². The standard InChI is InChI=1S/C23H22F2N6O3/c1-14(2)29-12-23(13-29)21(32)30(22(33)31(23)17-6-4-3-5-7-17)11-16-9-8-15(10-26-16)19-27-28-20(34-19)18(24)25/h3-10,14,18H,11-13H2,1-2H3. The average Bonchev–Trinajstić information content (AvgIpc) is 3.37. The van der Waals surface area contributed by atoms with Gasteiger partial charge in [-0.2, -0.15) is 8.78 Å². The Labute approximate surface area is 194 Å². The second-order valence-corrected chi connectivity index (χ2v) is 8.66. The normalized spacial score (nSPS) is 17.9. The zero-order valence-corrected chi connectivity index (χ0v) is 18.6. The van der Waals surface area contributed by atoms with Crippen LogP contribution in [0, 0.1) is 0 Å². The summed E-state index contributed by atoms with van der Waals surface area (Å²) < 4.78 is 30.3. The number of benzene rings is 1. The third-order valence-electron chi connectivity index (χ3n) is 6.19. The van der Waals surface area contributed by atoms with Gasteiger partial charge in [-0.15, -0.1) is 10.2 Å². The van der Waals surface area contributed by atoms with E-state index < -0.39 is 23.9 Å². The summed E-state index contributed by atoms with van der Waals surface area (Å²) in [5, 5.41) is 6.90. The molecule has 5 rings (SSSR count). The Bertz CT molecular complexity index is 1210. The van der Waals surface area contributed by atoms with Gasteiger partial charge >= 0.3 is 12.5 Å². The van der Waals surface area contributed by atoms with Crippen LogP contribution in [0.25, 0.3) is 11.5 Å². The number of pyridine rings is 1. The summed E-state index contributed by atoms with van der Waals surface area (Å²) in [7, 11) is 0. The number of para-hydroxylation sites is 1. The minimum Gasteiger partial charge on any atom is -0.415 e. The number of halogens is 2. The third kappa shape index (κ3) is 3.52. The lowest BCUT2D eigenvalue weighted by atomic mass is 9.86. The summed E-state index contributed by atoms with van der Waals surface area (Å²) in [6.07, 6.45) is -1.48. The van der Waals surface area contributed by atoms with Crippen molar-refractivity contribution in [2.45, 2.75) is 38.4 Å². The first-order valence-electron chi connectivity index (χ1n) is 10.8. The lowest BCUT2D eigenvalue weighted by Gasteiger charge is -2.51. The van der Waals surface area contributed by atoms with E-state index in [2.05, 4.69) is 33.9 Å². The summed E-state index contributed by atoms with van der Waals surface area (Å²) in [5.41, 5.74) is 0.541. The molecule has 2 aromatic heterocycles. The molecule has 0 saturated carbocycles. The van der Waals surface area contributed by atoms with Crippen LogP contribution < -0.4 is 4.90 Å². The van der Waals surface area contributed by atoms with E-state index in [0.717, 1.165) is 0 Å². The molecule has 2 saturated heterocycles. The van der Waals surface area contributed by atoms with Gasteiger partial charge in [0.05, 0.1) is 17.8 Å². The lowest BCUT2D eigenvalue weighted by Crippen LogP contribution is -2.73. The average molecular weight is 468 g/mol. The van der Waals surface area contributed by atoms with Crippen molar-refractivity contribution < 1.29 is 22.8 Å². The van der Waals surface area contributed by atoms with Crippen LogP contribution in [0.1, 0.15) is 31.9 Å². The molecule has 2 fully saturated rings. The highest BCUT2D eigenvalue weighted by Crippen LogP contribution is 2.41. The van der Waals surface area contributed by atoms with Crippen molar-refractivity contribution >= 4 is 17.6 Å². The van der Waals surface area contributed by atoms with Crippen molar-refractivity contribution in [3.8, 4) is 11.5 Å². The molecule has 0 aliphatic carbocycles. The number of hydrogen-bond acceptors (Lipinski definition) is 7. The lowest BCUT2D eigenvalue weighted by molar-refractivity contribution is -0.137. The van der Waals surface area contributed by atoms with Gasteiger partial charge in [0.25, 0.3) is 11.8 Å². The molecule has 11 heteroatoms. The van der Waals surface area contributed by atoms with Crippen LogP contribution in [-0.2, 0) is 11.3 Å². The summed E-state index contributed by atoms with van der Waals surface area (Å²) in [6, 6.07) is 12.2. The van der Waals surface area contributed by atoms with Crippen LogP contribution in [-0.4, -0.2) is 61.6 Å². The van der Waals surface area contributed by atoms with E-state index in [1.54, 1.807) is 17.0 Å². The van der Waals surface area contributed by atoms with E-state index in [4.69, 9.17) is 4.42 Å². The quantitative estimate of drug-likeness (QED) is 0.511. The fraction of sp³-hybridized carbons (Fsp3) is 0.348. The van der Waals surface area contributed by atoms with Crippen molar-refractivity contribution in [2.24, 2.45) is 0 Å². The first-order valence-corrected chi connectivity index (χ1v) is 10.8. The van der Waals surface area contributed by atoms with Gasteiger partial charge in [0.1, 0.15) is 0 Å². The Morgan fingerprint density at radius 1 is 1.06 bits per heavy atom. The number of amides is 3. The van der Waals surface area contributed by atoms with Crippen LogP contribution in [0.5, 0.6) is 0 Å². The third-order valence-corrected chi connectivity index (χ3v) is 6.19. The summed E-state index contributed by atoms with van der Waals surface area (Å²) in [5.74, 6) is -1.11. The number of carbonyl (C=O) groups excluding carboxylic acids is 2. The molecular weight excluding hydrogens is 446 g/mol. The maximum atomic E-state index is 13.5. The number of aromatic nitrogens is 3. The van der Waals surface area contributed by atoms with Crippen molar-refractivity contribution in [3.63, 3.8) is 0 Å². The highest BCUT2D eigenvalue weighted by atomic mass is 19.3. The minimum absolute atomic E-state index is 0.0170. The number of likely N-dealkylation sites (tertiary alicyclic amines) is 1. The van der Waals surface area contributed by atoms with Crippen LogP contribution in [0.4, 0.5) is 19.3 Å². The minimum atomic E-state index is -2.86. The Morgan fingerprint density at radius 2 is 1.79 bits per heavy atom. The molecule has 3 amide bonds. The zero-order chi connectivity index (χ0) is 24.0. The first kappa shape index (κ1) is 22.1. The molecule has 3 aromatic rings. The van der Waals surface area contributed by atoms with Crippen LogP contribution in [0.15, 0.2) is 53.1 Å². The van der Waals surface area contributed by atoms with Gasteiger partial charge in [0.15, 0.2) is 5.54 Å². The largest absolute Gasteiger partial charge is 0.415 e. The predicted molar refractivity (Wildman–Crippen MR) is 117 cm³/mol. The number of urea groups is 1. The number of hydrogen-bond donors (Lipinski definition) is 0. The van der Waals surface area contributed by atoms with E-state index >= 15 is 0 Å². The molecule has 1 aromatic carbocycles. The molecular formula is C23H22F2N6O3. The van der Waals surface area contributed by atoms with Crippen molar-refractivity contribution in [1.82, 2.24) is 25.0 Å². The number of alkyl halides is 2. The van der Waals surface area contributed by atoms with Gasteiger partial charge in [-0.1, -0.05) is 18.2 Å². The molecule has 2 aliphatic heterocycles. The Balaban J connectivity index is 1.39. The van der Waals surface area contributed by atoms with Gasteiger partial charge in [-0.25, -0.2) is 4.79 Å². The smallest absolute Gasteiger partial charge is 0.332 e. The Kier molecular flexibility index (Phi) is 5.35. The van der Waals surface area contributed by atoms with E-state index in [1.807, 2.05) is 30.3 Å². The number of anilines is 1. The van der Waals surface area contributed by atoms with Gasteiger partial charge in [0, 0.05) is 31.0 Å². The van der Waals surface area contributed by atoms with Gasteiger partial charge < -0.3 is 4.42 Å². The predicted octanol–water partition coefficient (Wildman–Crippen LogP) is 3.50. The van der Waals surface area contributed by atoms with Gasteiger partial charge in [-0.3, -0.25) is 24.5 Å². The van der Waals surface area contributed by atoms with E-state index in [0.29, 0.717) is 30.0 Å². The topological polar surface area (TPSA) is 95.7 Å². The SMILES string of the molecule is CC(C)N1CC2(C1)C(=O)N(Cc1ccc(-c3nnc(C(F)F)o3)cn1)C(=O)N2c1ccccc1. The number of imide groups is 1. The van der Waals surface area contributed by atoms with Crippen LogP contribution in [0.2, 0.25) is 0 Å². The fourth-order valence-corrected chi connectivity index (χ4v) is 4.32. The maximum absolute atomic E-state index is 13.5. The van der Waals surface area contributed by atoms with Crippen LogP contribution >= 0.6 is 0 Å². The molecule has 2 aliphatic rings. The molecule has 0 atom stereocenters. The number of nitrogens with zero attached hydrogens (tertiary/aromatic N) is 6. The number of rotatable bonds is 6. The Morgan fingerprint density at radius 3 is 2.38 bits per heavy atom. The molecule has 0 N–H and O–H groups in total. The maximum Gasteiger partial charge on any atom is 0.332 e. The Hall–Kier alpha value is -3.73. The zero-order valence-electron chi connectivity index (χ0n) is 18.6. The highest BCUT2D eigenvalue weighted by Gasteiger charge is 2.64. The number of carbonyl (C=O) groups is 2. The highest BCUT2D eigenvalue weighted by molar-refractivity contribution is 6.17. The molecule has 34 heavy (non-hydrogen) atoms. The van der Waals surface area contributed by atoms with E-state index in [-0.39, 0.29) is 24.4 Å². The van der Waals surface area contributed by atoms with Gasteiger partial charge in [-0.05, 0) is 38.1 Å². The molecule has 4 heterocycles. The molecule has 0 radical (unpaired) electrons. The van der Waals surface area contributed by atoms with Crippen molar-refractivity contribution in [1.29, 1.82) is 0 Å². The summed E-state index contributed by atoms with van der Waals surface area (Å²) in [4.78, 5) is 36.2. The monoisotopic (exact) mass is 468 g/mol. The fourth-order valence-electron chi connectivity index (χ4n) is 4.32. The second kappa shape index (κ2) is 8.24. The summed E-state index contributed by atoms with van der Waals surface area (Å²) >= 11 is 0. The molecule has 0 unspecified atom stereocenters. The molecule has 1 spiro atoms. The summed E-state index contributed by atoms with van der Waals surface area (Å²) in [6.45, 7) is 5.00. The van der Waals surface area contributed by atoms with Gasteiger partial charge in [0.2, 0.25) is 5.89 Å². The van der Waals surface area contributed by atoms with Crippen molar-refractivity contribution in [3.05, 3.63) is 60.2 Å². The molecule has 176 valence electrons. The van der Waals surface area contributed by atoms with Crippen molar-refractivity contribution in [2.75, 3.05) is 18.0 Å². The van der Waals surface area contributed by atoms with E-state index in [1.165, 1.54) is 11.1 Å².